The Balaban J connectivity index is 1.73. The third-order valence-electron chi connectivity index (χ3n) is 5.03. The lowest BCUT2D eigenvalue weighted by Crippen LogP contribution is -2.50. The summed E-state index contributed by atoms with van der Waals surface area (Å²) >= 11 is 0. The van der Waals surface area contributed by atoms with Crippen LogP contribution in [0.25, 0.3) is 0 Å². The first-order valence-corrected chi connectivity index (χ1v) is 10.3. The van der Waals surface area contributed by atoms with Gasteiger partial charge in [0.15, 0.2) is 5.96 Å². The number of aliphatic hydroxyl groups is 1. The second kappa shape index (κ2) is 10.4. The van der Waals surface area contributed by atoms with E-state index in [0.29, 0.717) is 25.4 Å². The van der Waals surface area contributed by atoms with E-state index in [2.05, 4.69) is 15.2 Å². The van der Waals surface area contributed by atoms with Crippen molar-refractivity contribution in [1.82, 2.24) is 10.2 Å². The molecule has 0 amide bonds. The van der Waals surface area contributed by atoms with Crippen LogP contribution in [0.15, 0.2) is 53.5 Å². The summed E-state index contributed by atoms with van der Waals surface area (Å²) in [4.78, 5) is 6.80. The van der Waals surface area contributed by atoms with Gasteiger partial charge in [0.2, 0.25) is 0 Å². The van der Waals surface area contributed by atoms with Crippen molar-refractivity contribution in [1.29, 1.82) is 0 Å². The van der Waals surface area contributed by atoms with Crippen LogP contribution < -0.4 is 10.1 Å². The van der Waals surface area contributed by atoms with Crippen LogP contribution in [-0.2, 0) is 4.74 Å². The molecule has 1 aliphatic rings. The molecule has 30 heavy (non-hydrogen) atoms. The number of rotatable bonds is 6. The Bertz CT molecular complexity index is 844. The van der Waals surface area contributed by atoms with E-state index < -0.39 is 6.10 Å². The van der Waals surface area contributed by atoms with Gasteiger partial charge in [-0.2, -0.15) is 0 Å². The Morgan fingerprint density at radius 3 is 2.77 bits per heavy atom. The van der Waals surface area contributed by atoms with Gasteiger partial charge >= 0.3 is 0 Å². The molecule has 7 heteroatoms. The minimum absolute atomic E-state index is 0.0130. The first-order chi connectivity index (χ1) is 14.5. The van der Waals surface area contributed by atoms with Crippen molar-refractivity contribution in [2.45, 2.75) is 32.2 Å². The third-order valence-corrected chi connectivity index (χ3v) is 5.03. The number of ether oxygens (including phenoxy) is 2. The molecule has 0 bridgehead atoms. The normalized spacial score (nSPS) is 20.7. The van der Waals surface area contributed by atoms with E-state index in [1.165, 1.54) is 12.1 Å². The van der Waals surface area contributed by atoms with Gasteiger partial charge in [-0.3, -0.25) is 4.99 Å². The second-order valence-electron chi connectivity index (χ2n) is 7.38. The second-order valence-corrected chi connectivity index (χ2v) is 7.38. The van der Waals surface area contributed by atoms with Gasteiger partial charge in [-0.05, 0) is 49.2 Å². The summed E-state index contributed by atoms with van der Waals surface area (Å²) in [5.74, 6) is 1.16. The van der Waals surface area contributed by atoms with Gasteiger partial charge in [-0.25, -0.2) is 4.39 Å². The first kappa shape index (κ1) is 22.1. The molecule has 0 aromatic heterocycles. The maximum absolute atomic E-state index is 13.3. The Labute approximate surface area is 177 Å². The van der Waals surface area contributed by atoms with Crippen LogP contribution in [0.3, 0.4) is 0 Å². The molecule has 6 nitrogen and oxygen atoms in total. The SMILES string of the molecule is CCNC(=NCC(O)c1cccc(OC)c1)N1CC(C)OC(c2ccc(F)cc2)C1. The summed E-state index contributed by atoms with van der Waals surface area (Å²) in [5.41, 5.74) is 1.69. The molecule has 1 heterocycles. The van der Waals surface area contributed by atoms with E-state index in [1.807, 2.05) is 38.1 Å². The number of morpholine rings is 1. The number of aliphatic imine (C=N–C) groups is 1. The van der Waals surface area contributed by atoms with E-state index >= 15 is 0 Å². The zero-order chi connectivity index (χ0) is 21.5. The monoisotopic (exact) mass is 415 g/mol. The van der Waals surface area contributed by atoms with Crippen LogP contribution in [0.1, 0.15) is 37.2 Å². The Kier molecular flexibility index (Phi) is 7.65. The van der Waals surface area contributed by atoms with E-state index in [1.54, 1.807) is 19.2 Å². The minimum Gasteiger partial charge on any atom is -0.497 e. The van der Waals surface area contributed by atoms with Gasteiger partial charge < -0.3 is 24.8 Å². The summed E-state index contributed by atoms with van der Waals surface area (Å²) in [6.45, 7) is 6.23. The molecular formula is C23H30FN3O3. The zero-order valence-electron chi connectivity index (χ0n) is 17.7. The van der Waals surface area contributed by atoms with E-state index in [-0.39, 0.29) is 24.6 Å². The number of methoxy groups -OCH3 is 1. The van der Waals surface area contributed by atoms with Gasteiger partial charge in [0.25, 0.3) is 0 Å². The highest BCUT2D eigenvalue weighted by Crippen LogP contribution is 2.26. The number of halogens is 1. The number of guanidine groups is 1. The number of benzene rings is 2. The number of aliphatic hydroxyl groups excluding tert-OH is 1. The van der Waals surface area contributed by atoms with Gasteiger partial charge in [0, 0.05) is 13.1 Å². The molecule has 162 valence electrons. The largest absolute Gasteiger partial charge is 0.497 e. The van der Waals surface area contributed by atoms with Gasteiger partial charge in [-0.15, -0.1) is 0 Å². The topological polar surface area (TPSA) is 66.3 Å². The summed E-state index contributed by atoms with van der Waals surface area (Å²) in [6.07, 6.45) is -0.928. The van der Waals surface area contributed by atoms with E-state index in [9.17, 15) is 9.50 Å². The van der Waals surface area contributed by atoms with Crippen molar-refractivity contribution in [3.63, 3.8) is 0 Å². The predicted molar refractivity (Wildman–Crippen MR) is 115 cm³/mol. The van der Waals surface area contributed by atoms with Crippen LogP contribution in [0, 0.1) is 5.82 Å². The minimum atomic E-state index is -0.736. The van der Waals surface area contributed by atoms with Crippen molar-refractivity contribution in [2.75, 3.05) is 33.3 Å². The molecule has 1 saturated heterocycles. The fourth-order valence-corrected chi connectivity index (χ4v) is 3.54. The molecule has 0 radical (unpaired) electrons. The third kappa shape index (κ3) is 5.70. The number of hydrogen-bond donors (Lipinski definition) is 2. The van der Waals surface area contributed by atoms with Crippen molar-refractivity contribution >= 4 is 5.96 Å². The van der Waals surface area contributed by atoms with Crippen LogP contribution >= 0.6 is 0 Å². The summed E-state index contributed by atoms with van der Waals surface area (Å²) < 4.78 is 24.6. The quantitative estimate of drug-likeness (QED) is 0.560. The van der Waals surface area contributed by atoms with Crippen LogP contribution in [0.4, 0.5) is 4.39 Å². The molecule has 0 spiro atoms. The standard InChI is InChI=1S/C23H30FN3O3/c1-4-25-23(26-13-21(28)18-6-5-7-20(12-18)29-3)27-14-16(2)30-22(15-27)17-8-10-19(24)11-9-17/h5-12,16,21-22,28H,4,13-15H2,1-3H3,(H,25,26). The highest BCUT2D eigenvalue weighted by Gasteiger charge is 2.28. The molecule has 0 aliphatic carbocycles. The number of nitrogens with one attached hydrogen (secondary N) is 1. The molecule has 3 unspecified atom stereocenters. The summed E-state index contributed by atoms with van der Waals surface area (Å²) in [6, 6.07) is 13.8. The predicted octanol–water partition coefficient (Wildman–Crippen LogP) is 3.30. The fraction of sp³-hybridized carbons (Fsp3) is 0.435. The average Bonchev–Trinajstić information content (AvgIpc) is 2.76. The summed E-state index contributed by atoms with van der Waals surface area (Å²) in [7, 11) is 1.60. The number of hydrogen-bond acceptors (Lipinski definition) is 4. The highest BCUT2D eigenvalue weighted by atomic mass is 19.1. The zero-order valence-corrected chi connectivity index (χ0v) is 17.7. The molecule has 2 aromatic carbocycles. The van der Waals surface area contributed by atoms with Crippen molar-refractivity contribution in [2.24, 2.45) is 4.99 Å². The molecule has 2 aromatic rings. The molecule has 0 saturated carbocycles. The molecular weight excluding hydrogens is 385 g/mol. The van der Waals surface area contributed by atoms with Gasteiger partial charge in [0.05, 0.1) is 32.4 Å². The van der Waals surface area contributed by atoms with Crippen LogP contribution in [0.2, 0.25) is 0 Å². The maximum Gasteiger partial charge on any atom is 0.194 e. The lowest BCUT2D eigenvalue weighted by molar-refractivity contribution is -0.0605. The van der Waals surface area contributed by atoms with Crippen molar-refractivity contribution in [3.8, 4) is 5.75 Å². The molecule has 1 aliphatic heterocycles. The van der Waals surface area contributed by atoms with Gasteiger partial charge in [-0.1, -0.05) is 24.3 Å². The molecule has 2 N–H and O–H groups in total. The average molecular weight is 416 g/mol. The van der Waals surface area contributed by atoms with Crippen LogP contribution in [-0.4, -0.2) is 55.4 Å². The molecule has 3 rings (SSSR count). The lowest BCUT2D eigenvalue weighted by atomic mass is 10.1. The first-order valence-electron chi connectivity index (χ1n) is 10.3. The van der Waals surface area contributed by atoms with E-state index in [4.69, 9.17) is 9.47 Å². The Hall–Kier alpha value is -2.64. The Morgan fingerprint density at radius 1 is 1.30 bits per heavy atom. The fourth-order valence-electron chi connectivity index (χ4n) is 3.54. The van der Waals surface area contributed by atoms with E-state index in [0.717, 1.165) is 17.1 Å². The molecule has 3 atom stereocenters. The van der Waals surface area contributed by atoms with Gasteiger partial charge in [0.1, 0.15) is 17.7 Å². The number of nitrogens with zero attached hydrogens (tertiary/aromatic N) is 2. The highest BCUT2D eigenvalue weighted by molar-refractivity contribution is 5.80. The molecule has 1 fully saturated rings. The maximum atomic E-state index is 13.3. The summed E-state index contributed by atoms with van der Waals surface area (Å²) in [5, 5.41) is 13.9. The van der Waals surface area contributed by atoms with Crippen LogP contribution in [0.5, 0.6) is 5.75 Å². The van der Waals surface area contributed by atoms with Crippen molar-refractivity contribution in [3.05, 3.63) is 65.5 Å². The Morgan fingerprint density at radius 2 is 2.07 bits per heavy atom. The smallest absolute Gasteiger partial charge is 0.194 e. The lowest BCUT2D eigenvalue weighted by Gasteiger charge is -2.38. The van der Waals surface area contributed by atoms with Crippen molar-refractivity contribution < 1.29 is 19.0 Å².